The van der Waals surface area contributed by atoms with Gasteiger partial charge in [-0.25, -0.2) is 23.2 Å². The largest absolute Gasteiger partial charge is 0.497 e. The van der Waals surface area contributed by atoms with Crippen molar-refractivity contribution in [3.05, 3.63) is 64.3 Å². The van der Waals surface area contributed by atoms with E-state index < -0.39 is 17.3 Å². The molecule has 0 spiro atoms. The molecule has 2 aliphatic rings. The number of benzene rings is 2. The second-order valence-corrected chi connectivity index (χ2v) is 8.71. The first-order valence-corrected chi connectivity index (χ1v) is 11.0. The van der Waals surface area contributed by atoms with Crippen molar-refractivity contribution in [2.24, 2.45) is 11.8 Å². The molecule has 1 saturated carbocycles. The Labute approximate surface area is 189 Å². The van der Waals surface area contributed by atoms with Crippen LogP contribution in [0.2, 0.25) is 0 Å². The molecule has 1 aliphatic carbocycles. The van der Waals surface area contributed by atoms with E-state index >= 15 is 4.39 Å². The van der Waals surface area contributed by atoms with Gasteiger partial charge in [-0.2, -0.15) is 5.10 Å². The minimum Gasteiger partial charge on any atom is -0.497 e. The van der Waals surface area contributed by atoms with Crippen molar-refractivity contribution in [2.45, 2.75) is 25.7 Å². The topological polar surface area (TPSA) is 80.2 Å². The fraction of sp³-hybridized carbons (Fsp3) is 0.375. The van der Waals surface area contributed by atoms with Crippen molar-refractivity contribution in [3.8, 4) is 22.6 Å². The van der Waals surface area contributed by atoms with E-state index in [-0.39, 0.29) is 29.0 Å². The summed E-state index contributed by atoms with van der Waals surface area (Å²) >= 11 is 0. The number of amides is 1. The summed E-state index contributed by atoms with van der Waals surface area (Å²) in [5, 5.41) is 6.51. The molecule has 1 atom stereocenters. The number of methoxy groups -OCH3 is 1. The van der Waals surface area contributed by atoms with E-state index in [4.69, 9.17) is 4.74 Å². The number of carbonyl (C=O) groups is 1. The average Bonchev–Trinajstić information content (AvgIpc) is 3.46. The molecule has 1 N–H and O–H groups in total. The van der Waals surface area contributed by atoms with Crippen molar-refractivity contribution in [2.75, 3.05) is 20.2 Å². The van der Waals surface area contributed by atoms with Crippen LogP contribution < -0.4 is 10.4 Å². The van der Waals surface area contributed by atoms with E-state index in [0.717, 1.165) is 19.3 Å². The third kappa shape index (κ3) is 4.15. The van der Waals surface area contributed by atoms with E-state index in [9.17, 15) is 14.0 Å². The summed E-state index contributed by atoms with van der Waals surface area (Å²) in [5.74, 6) is 0.121. The lowest BCUT2D eigenvalue weighted by molar-refractivity contribution is -0.131. The van der Waals surface area contributed by atoms with Gasteiger partial charge in [0.2, 0.25) is 5.91 Å². The number of nitrogens with zero attached hydrogens (tertiary/aromatic N) is 3. The van der Waals surface area contributed by atoms with Gasteiger partial charge in [0.1, 0.15) is 23.2 Å². The van der Waals surface area contributed by atoms with Crippen LogP contribution in [0.15, 0.2) is 41.2 Å². The number of nitrogens with one attached hydrogen (secondary N) is 1. The molecule has 172 valence electrons. The van der Waals surface area contributed by atoms with Gasteiger partial charge in [0, 0.05) is 37.1 Å². The van der Waals surface area contributed by atoms with Gasteiger partial charge >= 0.3 is 5.69 Å². The summed E-state index contributed by atoms with van der Waals surface area (Å²) in [7, 11) is 1.44. The first-order chi connectivity index (χ1) is 15.9. The Hall–Kier alpha value is -3.49. The molecule has 1 amide bonds. The van der Waals surface area contributed by atoms with Crippen LogP contribution in [0.25, 0.3) is 16.8 Å². The number of likely N-dealkylation sites (tertiary alicyclic amines) is 1. The Morgan fingerprint density at radius 2 is 1.97 bits per heavy atom. The molecule has 7 nitrogen and oxygen atoms in total. The molecule has 1 aromatic heterocycles. The number of aromatic amines is 1. The zero-order valence-electron chi connectivity index (χ0n) is 18.2. The van der Waals surface area contributed by atoms with Crippen LogP contribution in [0.5, 0.6) is 5.75 Å². The summed E-state index contributed by atoms with van der Waals surface area (Å²) < 4.78 is 35.8. The van der Waals surface area contributed by atoms with Gasteiger partial charge in [-0.3, -0.25) is 4.79 Å². The molecule has 0 bridgehead atoms. The maximum Gasteiger partial charge on any atom is 0.348 e. The average molecular weight is 454 g/mol. The monoisotopic (exact) mass is 454 g/mol. The van der Waals surface area contributed by atoms with E-state index in [2.05, 4.69) is 10.2 Å². The quantitative estimate of drug-likeness (QED) is 0.620. The Balaban J connectivity index is 1.38. The van der Waals surface area contributed by atoms with Crippen molar-refractivity contribution >= 4 is 5.91 Å². The molecule has 0 radical (unpaired) electrons. The molecular formula is C24H24F2N4O3. The first kappa shape index (κ1) is 21.4. The molecule has 2 heterocycles. The highest BCUT2D eigenvalue weighted by Gasteiger charge is 2.37. The van der Waals surface area contributed by atoms with E-state index in [0.29, 0.717) is 36.6 Å². The fourth-order valence-electron chi connectivity index (χ4n) is 4.47. The van der Waals surface area contributed by atoms with Gasteiger partial charge in [-0.1, -0.05) is 6.07 Å². The van der Waals surface area contributed by atoms with Crippen LogP contribution in [0.1, 0.15) is 25.1 Å². The highest BCUT2D eigenvalue weighted by Crippen LogP contribution is 2.33. The summed E-state index contributed by atoms with van der Waals surface area (Å²) in [6.07, 6.45) is 3.20. The zero-order valence-corrected chi connectivity index (χ0v) is 18.2. The van der Waals surface area contributed by atoms with Gasteiger partial charge in [-0.05, 0) is 55.0 Å². The maximum absolute atomic E-state index is 15.1. The zero-order chi connectivity index (χ0) is 23.1. The van der Waals surface area contributed by atoms with Gasteiger partial charge < -0.3 is 9.64 Å². The number of halogens is 2. The Morgan fingerprint density at radius 3 is 2.67 bits per heavy atom. The molecule has 1 saturated heterocycles. The van der Waals surface area contributed by atoms with Gasteiger partial charge in [0.25, 0.3) is 0 Å². The van der Waals surface area contributed by atoms with Crippen LogP contribution >= 0.6 is 0 Å². The molecule has 0 unspecified atom stereocenters. The number of carbonyl (C=O) groups excluding carboxylic acids is 1. The number of H-pyrrole nitrogens is 1. The lowest BCUT2D eigenvalue weighted by Crippen LogP contribution is -2.30. The van der Waals surface area contributed by atoms with E-state index in [1.54, 1.807) is 12.1 Å². The molecular weight excluding hydrogens is 430 g/mol. The summed E-state index contributed by atoms with van der Waals surface area (Å²) in [6.45, 7) is 1.32. The molecule has 2 aromatic carbocycles. The van der Waals surface area contributed by atoms with Gasteiger partial charge in [-0.15, -0.1) is 0 Å². The highest BCUT2D eigenvalue weighted by molar-refractivity contribution is 5.81. The van der Waals surface area contributed by atoms with Crippen LogP contribution in [0.4, 0.5) is 8.78 Å². The second-order valence-electron chi connectivity index (χ2n) is 8.71. The highest BCUT2D eigenvalue weighted by atomic mass is 19.1. The Morgan fingerprint density at radius 1 is 1.15 bits per heavy atom. The third-order valence-electron chi connectivity index (χ3n) is 6.41. The van der Waals surface area contributed by atoms with Gasteiger partial charge in [0.15, 0.2) is 0 Å². The van der Waals surface area contributed by atoms with E-state index in [1.165, 1.54) is 35.9 Å². The normalized spacial score (nSPS) is 18.0. The van der Waals surface area contributed by atoms with Crippen LogP contribution in [0, 0.1) is 23.5 Å². The molecule has 5 rings (SSSR count). The summed E-state index contributed by atoms with van der Waals surface area (Å²) in [4.78, 5) is 26.7. The SMILES string of the molecule is COc1ccc(-c2ccc(-n3c(C[C@@H]4CCN(C(=O)C5CC5)C4)n[nH]c3=O)c(F)c2)c(F)c1. The fourth-order valence-corrected chi connectivity index (χ4v) is 4.47. The maximum atomic E-state index is 15.1. The smallest absolute Gasteiger partial charge is 0.348 e. The summed E-state index contributed by atoms with van der Waals surface area (Å²) in [5.41, 5.74) is 0.0772. The molecule has 9 heteroatoms. The van der Waals surface area contributed by atoms with Crippen molar-refractivity contribution in [1.82, 2.24) is 19.7 Å². The number of rotatable bonds is 6. The standard InChI is InChI=1S/C24H24F2N4O3/c1-33-17-5-6-18(19(25)12-17)16-4-7-21(20(26)11-16)30-22(27-28-24(30)32)10-14-8-9-29(13-14)23(31)15-2-3-15/h4-7,11-12,14-15H,2-3,8-10,13H2,1H3,(H,28,32)/t14-/m0/s1. The first-order valence-electron chi connectivity index (χ1n) is 11.0. The predicted molar refractivity (Wildman–Crippen MR) is 117 cm³/mol. The molecule has 3 aromatic rings. The summed E-state index contributed by atoms with van der Waals surface area (Å²) in [6, 6.07) is 8.58. The predicted octanol–water partition coefficient (Wildman–Crippen LogP) is 3.32. The Bertz CT molecular complexity index is 1260. The molecule has 2 fully saturated rings. The van der Waals surface area contributed by atoms with E-state index in [1.807, 2.05) is 4.90 Å². The van der Waals surface area contributed by atoms with Crippen molar-refractivity contribution in [3.63, 3.8) is 0 Å². The molecule has 1 aliphatic heterocycles. The minimum atomic E-state index is -0.663. The lowest BCUT2D eigenvalue weighted by Gasteiger charge is -2.16. The van der Waals surface area contributed by atoms with Crippen molar-refractivity contribution < 1.29 is 18.3 Å². The third-order valence-corrected chi connectivity index (χ3v) is 6.41. The van der Waals surface area contributed by atoms with Crippen LogP contribution in [-0.2, 0) is 11.2 Å². The lowest BCUT2D eigenvalue weighted by atomic mass is 10.0. The van der Waals surface area contributed by atoms with Crippen LogP contribution in [0.3, 0.4) is 0 Å². The Kier molecular flexibility index (Phi) is 5.47. The second kappa shape index (κ2) is 8.46. The van der Waals surface area contributed by atoms with Gasteiger partial charge in [0.05, 0.1) is 12.8 Å². The minimum absolute atomic E-state index is 0.0466. The number of ether oxygens (including phenoxy) is 1. The number of hydrogen-bond donors (Lipinski definition) is 1. The molecule has 33 heavy (non-hydrogen) atoms. The number of aromatic nitrogens is 3. The van der Waals surface area contributed by atoms with Crippen LogP contribution in [-0.4, -0.2) is 45.8 Å². The number of hydrogen-bond acceptors (Lipinski definition) is 4. The van der Waals surface area contributed by atoms with Crippen molar-refractivity contribution in [1.29, 1.82) is 0 Å².